The molecule has 0 saturated carbocycles. The van der Waals surface area contributed by atoms with Gasteiger partial charge in [0.05, 0.1) is 12.4 Å². The van der Waals surface area contributed by atoms with Gasteiger partial charge in [0.15, 0.2) is 0 Å². The van der Waals surface area contributed by atoms with E-state index < -0.39 is 0 Å². The van der Waals surface area contributed by atoms with Gasteiger partial charge in [0, 0.05) is 6.42 Å². The Kier molecular flexibility index (Phi) is 5.57. The van der Waals surface area contributed by atoms with Gasteiger partial charge in [0.2, 0.25) is 0 Å². The maximum absolute atomic E-state index is 9.03. The summed E-state index contributed by atoms with van der Waals surface area (Å²) in [6.07, 6.45) is 4.93. The first kappa shape index (κ1) is 10.2. The van der Waals surface area contributed by atoms with E-state index in [9.17, 15) is 0 Å². The summed E-state index contributed by atoms with van der Waals surface area (Å²) in [5, 5.41) is 17.4. The summed E-state index contributed by atoms with van der Waals surface area (Å²) in [5.41, 5.74) is 1.25. The largest absolute Gasteiger partial charge is 0.513 e. The van der Waals surface area contributed by atoms with Crippen molar-refractivity contribution in [3.05, 3.63) is 23.5 Å². The lowest BCUT2D eigenvalue weighted by Crippen LogP contribution is -1.83. The van der Waals surface area contributed by atoms with Gasteiger partial charge in [0.25, 0.3) is 0 Å². The topological polar surface area (TPSA) is 40.5 Å². The van der Waals surface area contributed by atoms with Gasteiger partial charge in [-0.2, -0.15) is 0 Å². The van der Waals surface area contributed by atoms with Crippen LogP contribution in [-0.2, 0) is 0 Å². The number of hydrogen-bond acceptors (Lipinski definition) is 2. The van der Waals surface area contributed by atoms with Crippen molar-refractivity contribution < 1.29 is 10.2 Å². The Labute approximate surface area is 67.9 Å². The standard InChI is InChI=1S/C9H16O2/c1-8(2)4-3-5-9(11)6-7-10/h4,6,10-11H,3,5,7H2,1-2H3/b9-6-. The predicted molar refractivity (Wildman–Crippen MR) is 46.5 cm³/mol. The summed E-state index contributed by atoms with van der Waals surface area (Å²) in [4.78, 5) is 0. The van der Waals surface area contributed by atoms with Crippen molar-refractivity contribution in [2.24, 2.45) is 0 Å². The van der Waals surface area contributed by atoms with Crippen LogP contribution < -0.4 is 0 Å². The Bertz CT molecular complexity index is 153. The lowest BCUT2D eigenvalue weighted by atomic mass is 10.2. The molecule has 11 heavy (non-hydrogen) atoms. The highest BCUT2D eigenvalue weighted by Crippen LogP contribution is 2.03. The van der Waals surface area contributed by atoms with Gasteiger partial charge in [-0.1, -0.05) is 11.6 Å². The van der Waals surface area contributed by atoms with Crippen LogP contribution in [0.1, 0.15) is 26.7 Å². The Hall–Kier alpha value is -0.760. The van der Waals surface area contributed by atoms with Gasteiger partial charge in [-0.05, 0) is 26.3 Å². The molecule has 64 valence electrons. The van der Waals surface area contributed by atoms with Crippen molar-refractivity contribution in [3.63, 3.8) is 0 Å². The molecule has 0 rings (SSSR count). The first-order valence-electron chi connectivity index (χ1n) is 3.79. The van der Waals surface area contributed by atoms with Gasteiger partial charge in [-0.25, -0.2) is 0 Å². The lowest BCUT2D eigenvalue weighted by molar-refractivity contribution is 0.324. The second-order valence-corrected chi connectivity index (χ2v) is 2.70. The second-order valence-electron chi connectivity index (χ2n) is 2.70. The maximum atomic E-state index is 9.03. The zero-order chi connectivity index (χ0) is 8.69. The molecule has 2 N–H and O–H groups in total. The molecule has 0 aromatic carbocycles. The van der Waals surface area contributed by atoms with Gasteiger partial charge < -0.3 is 10.2 Å². The predicted octanol–water partition coefficient (Wildman–Crippen LogP) is 2.17. The monoisotopic (exact) mass is 156 g/mol. The SMILES string of the molecule is CC(C)=CCC/C(O)=C/CO. The maximum Gasteiger partial charge on any atom is 0.0908 e. The van der Waals surface area contributed by atoms with Crippen molar-refractivity contribution in [2.45, 2.75) is 26.7 Å². The van der Waals surface area contributed by atoms with E-state index >= 15 is 0 Å². The molecule has 0 bridgehead atoms. The third-order valence-corrected chi connectivity index (χ3v) is 1.28. The van der Waals surface area contributed by atoms with Gasteiger partial charge in [-0.15, -0.1) is 0 Å². The molecule has 0 fully saturated rings. The minimum Gasteiger partial charge on any atom is -0.513 e. The van der Waals surface area contributed by atoms with E-state index in [0.29, 0.717) is 6.42 Å². The summed E-state index contributed by atoms with van der Waals surface area (Å²) in [7, 11) is 0. The van der Waals surface area contributed by atoms with E-state index in [1.165, 1.54) is 11.6 Å². The third kappa shape index (κ3) is 7.13. The number of rotatable bonds is 4. The summed E-state index contributed by atoms with van der Waals surface area (Å²) < 4.78 is 0. The highest BCUT2D eigenvalue weighted by molar-refractivity contribution is 4.97. The zero-order valence-corrected chi connectivity index (χ0v) is 7.17. The number of allylic oxidation sites excluding steroid dienone is 3. The summed E-state index contributed by atoms with van der Waals surface area (Å²) in [6.45, 7) is 3.96. The van der Waals surface area contributed by atoms with Gasteiger partial charge in [-0.3, -0.25) is 0 Å². The molecule has 0 saturated heterocycles. The second kappa shape index (κ2) is 5.98. The molecule has 0 aliphatic rings. The molecule has 0 atom stereocenters. The van der Waals surface area contributed by atoms with Crippen LogP contribution >= 0.6 is 0 Å². The molecule has 0 aliphatic heterocycles. The van der Waals surface area contributed by atoms with Crippen molar-refractivity contribution in [1.82, 2.24) is 0 Å². The quantitative estimate of drug-likeness (QED) is 0.483. The Morgan fingerprint density at radius 2 is 1.91 bits per heavy atom. The van der Waals surface area contributed by atoms with Crippen LogP contribution in [-0.4, -0.2) is 16.8 Å². The van der Waals surface area contributed by atoms with Crippen molar-refractivity contribution in [2.75, 3.05) is 6.61 Å². The normalized spacial score (nSPS) is 11.4. The number of hydrogen-bond donors (Lipinski definition) is 2. The molecular weight excluding hydrogens is 140 g/mol. The summed E-state index contributed by atoms with van der Waals surface area (Å²) >= 11 is 0. The first-order chi connectivity index (χ1) is 5.16. The highest BCUT2D eigenvalue weighted by atomic mass is 16.3. The highest BCUT2D eigenvalue weighted by Gasteiger charge is 1.89. The molecule has 0 spiro atoms. The van der Waals surface area contributed by atoms with E-state index in [0.717, 1.165) is 6.42 Å². The average Bonchev–Trinajstić information content (AvgIpc) is 1.87. The van der Waals surface area contributed by atoms with E-state index in [2.05, 4.69) is 6.08 Å². The van der Waals surface area contributed by atoms with Crippen molar-refractivity contribution >= 4 is 0 Å². The number of aliphatic hydroxyl groups excluding tert-OH is 2. The molecule has 2 nitrogen and oxygen atoms in total. The van der Waals surface area contributed by atoms with Crippen LogP contribution in [0.4, 0.5) is 0 Å². The molecule has 2 heteroatoms. The minimum atomic E-state index is -0.0827. The molecular formula is C9H16O2. The molecule has 0 aromatic rings. The fourth-order valence-electron chi connectivity index (χ4n) is 0.716. The molecule has 0 amide bonds. The van der Waals surface area contributed by atoms with E-state index in [-0.39, 0.29) is 12.4 Å². The van der Waals surface area contributed by atoms with Crippen molar-refractivity contribution in [1.29, 1.82) is 0 Å². The van der Waals surface area contributed by atoms with Crippen LogP contribution in [0.2, 0.25) is 0 Å². The van der Waals surface area contributed by atoms with E-state index in [1.54, 1.807) is 0 Å². The lowest BCUT2D eigenvalue weighted by Gasteiger charge is -1.95. The molecule has 0 aromatic heterocycles. The Balaban J connectivity index is 3.54. The Morgan fingerprint density at radius 1 is 1.27 bits per heavy atom. The smallest absolute Gasteiger partial charge is 0.0908 e. The fraction of sp³-hybridized carbons (Fsp3) is 0.556. The van der Waals surface area contributed by atoms with Crippen LogP contribution in [0.5, 0.6) is 0 Å². The van der Waals surface area contributed by atoms with Crippen LogP contribution in [0.15, 0.2) is 23.5 Å². The fourth-order valence-corrected chi connectivity index (χ4v) is 0.716. The van der Waals surface area contributed by atoms with Crippen molar-refractivity contribution in [3.8, 4) is 0 Å². The third-order valence-electron chi connectivity index (χ3n) is 1.28. The minimum absolute atomic E-state index is 0.0827. The molecule has 0 heterocycles. The van der Waals surface area contributed by atoms with Crippen LogP contribution in [0.25, 0.3) is 0 Å². The number of aliphatic hydroxyl groups is 2. The average molecular weight is 156 g/mol. The molecule has 0 aliphatic carbocycles. The Morgan fingerprint density at radius 3 is 2.36 bits per heavy atom. The summed E-state index contributed by atoms with van der Waals surface area (Å²) in [6, 6.07) is 0. The van der Waals surface area contributed by atoms with Gasteiger partial charge in [0.1, 0.15) is 0 Å². The molecule has 0 unspecified atom stereocenters. The van der Waals surface area contributed by atoms with E-state index in [4.69, 9.17) is 10.2 Å². The zero-order valence-electron chi connectivity index (χ0n) is 7.17. The van der Waals surface area contributed by atoms with E-state index in [1.807, 2.05) is 13.8 Å². The first-order valence-corrected chi connectivity index (χ1v) is 3.79. The van der Waals surface area contributed by atoms with Crippen LogP contribution in [0.3, 0.4) is 0 Å². The molecule has 0 radical (unpaired) electrons. The van der Waals surface area contributed by atoms with Crippen LogP contribution in [0, 0.1) is 0 Å². The summed E-state index contributed by atoms with van der Waals surface area (Å²) in [5.74, 6) is 0.269. The van der Waals surface area contributed by atoms with Gasteiger partial charge >= 0.3 is 0 Å².